The first-order chi connectivity index (χ1) is 11.0. The fraction of sp³-hybridized carbons (Fsp3) is 0.333. The number of nitrogens with one attached hydrogen (secondary N) is 2. The van der Waals surface area contributed by atoms with Crippen LogP contribution in [0.3, 0.4) is 0 Å². The second-order valence-electron chi connectivity index (χ2n) is 5.50. The van der Waals surface area contributed by atoms with Crippen molar-refractivity contribution in [1.29, 1.82) is 0 Å². The van der Waals surface area contributed by atoms with Crippen LogP contribution < -0.4 is 10.6 Å². The summed E-state index contributed by atoms with van der Waals surface area (Å²) >= 11 is 5.87. The molecule has 23 heavy (non-hydrogen) atoms. The zero-order chi connectivity index (χ0) is 16.4. The SMILES string of the molecule is Cn1cc([C@@H]2NC(=O)CC[C@H]2NC(=O)c2cncc(Cl)c2)cn1. The number of hydrogen-bond donors (Lipinski definition) is 2. The molecule has 0 aliphatic carbocycles. The zero-order valence-electron chi connectivity index (χ0n) is 12.5. The zero-order valence-corrected chi connectivity index (χ0v) is 13.2. The van der Waals surface area contributed by atoms with Crippen molar-refractivity contribution in [2.24, 2.45) is 7.05 Å². The van der Waals surface area contributed by atoms with Crippen molar-refractivity contribution in [3.8, 4) is 0 Å². The van der Waals surface area contributed by atoms with Crippen LogP contribution in [0.1, 0.15) is 34.8 Å². The van der Waals surface area contributed by atoms with Gasteiger partial charge in [-0.3, -0.25) is 19.3 Å². The molecule has 7 nitrogen and oxygen atoms in total. The average molecular weight is 334 g/mol. The Kier molecular flexibility index (Phi) is 4.29. The molecule has 0 bridgehead atoms. The normalized spacial score (nSPS) is 20.9. The summed E-state index contributed by atoms with van der Waals surface area (Å²) in [5.74, 6) is -0.302. The Morgan fingerprint density at radius 3 is 2.96 bits per heavy atom. The average Bonchev–Trinajstić information content (AvgIpc) is 2.95. The molecule has 1 aliphatic rings. The Morgan fingerprint density at radius 1 is 1.43 bits per heavy atom. The summed E-state index contributed by atoms with van der Waals surface area (Å²) < 4.78 is 1.66. The van der Waals surface area contributed by atoms with Gasteiger partial charge in [0.1, 0.15) is 0 Å². The number of amides is 2. The monoisotopic (exact) mass is 333 g/mol. The number of pyridine rings is 1. The molecular weight excluding hydrogens is 318 g/mol. The standard InChI is InChI=1S/C15H16ClN5O2/c1-21-8-10(6-18-21)14-12(2-3-13(22)20-14)19-15(23)9-4-11(16)7-17-5-9/h4-8,12,14H,2-3H2,1H3,(H,19,23)(H,20,22)/t12-,14+/m1/s1. The topological polar surface area (TPSA) is 88.9 Å². The molecule has 2 aromatic rings. The van der Waals surface area contributed by atoms with Crippen LogP contribution in [0.2, 0.25) is 5.02 Å². The highest BCUT2D eigenvalue weighted by atomic mass is 35.5. The van der Waals surface area contributed by atoms with Crippen LogP contribution >= 0.6 is 11.6 Å². The van der Waals surface area contributed by atoms with Gasteiger partial charge in [0.2, 0.25) is 5.91 Å². The third-order valence-corrected chi connectivity index (χ3v) is 3.98. The summed E-state index contributed by atoms with van der Waals surface area (Å²) in [7, 11) is 1.80. The van der Waals surface area contributed by atoms with Gasteiger partial charge in [0, 0.05) is 37.6 Å². The number of halogens is 1. The number of carbonyl (C=O) groups excluding carboxylic acids is 2. The van der Waals surface area contributed by atoms with Crippen molar-refractivity contribution in [3.63, 3.8) is 0 Å². The van der Waals surface area contributed by atoms with Crippen LogP contribution in [-0.2, 0) is 11.8 Å². The molecule has 0 spiro atoms. The van der Waals surface area contributed by atoms with Gasteiger partial charge in [-0.1, -0.05) is 11.6 Å². The highest BCUT2D eigenvalue weighted by Crippen LogP contribution is 2.24. The fourth-order valence-electron chi connectivity index (χ4n) is 2.66. The molecule has 3 heterocycles. The molecular formula is C15H16ClN5O2. The third-order valence-electron chi connectivity index (χ3n) is 3.77. The largest absolute Gasteiger partial charge is 0.347 e. The Bertz CT molecular complexity index is 745. The van der Waals surface area contributed by atoms with E-state index in [2.05, 4.69) is 20.7 Å². The van der Waals surface area contributed by atoms with Crippen molar-refractivity contribution < 1.29 is 9.59 Å². The summed E-state index contributed by atoms with van der Waals surface area (Å²) in [6.07, 6.45) is 7.38. The second kappa shape index (κ2) is 6.37. The third kappa shape index (κ3) is 3.50. The van der Waals surface area contributed by atoms with Crippen LogP contribution in [0, 0.1) is 0 Å². The summed E-state index contributed by atoms with van der Waals surface area (Å²) in [6, 6.07) is 1.04. The Balaban J connectivity index is 1.79. The Labute approximate surface area is 138 Å². The highest BCUT2D eigenvalue weighted by Gasteiger charge is 2.32. The minimum Gasteiger partial charge on any atom is -0.347 e. The van der Waals surface area contributed by atoms with Crippen LogP contribution in [0.25, 0.3) is 0 Å². The van der Waals surface area contributed by atoms with Gasteiger partial charge in [0.15, 0.2) is 0 Å². The van der Waals surface area contributed by atoms with E-state index in [4.69, 9.17) is 11.6 Å². The lowest BCUT2D eigenvalue weighted by atomic mass is 9.93. The summed E-state index contributed by atoms with van der Waals surface area (Å²) in [6.45, 7) is 0. The van der Waals surface area contributed by atoms with Crippen molar-refractivity contribution >= 4 is 23.4 Å². The number of hydrogen-bond acceptors (Lipinski definition) is 4. The van der Waals surface area contributed by atoms with Gasteiger partial charge in [-0.15, -0.1) is 0 Å². The maximum Gasteiger partial charge on any atom is 0.253 e. The van der Waals surface area contributed by atoms with E-state index in [0.29, 0.717) is 23.4 Å². The van der Waals surface area contributed by atoms with E-state index < -0.39 is 0 Å². The van der Waals surface area contributed by atoms with Gasteiger partial charge in [-0.05, 0) is 12.5 Å². The van der Waals surface area contributed by atoms with Crippen LogP contribution in [0.15, 0.2) is 30.9 Å². The van der Waals surface area contributed by atoms with Crippen molar-refractivity contribution in [3.05, 3.63) is 47.0 Å². The molecule has 3 rings (SSSR count). The molecule has 1 saturated heterocycles. The lowest BCUT2D eigenvalue weighted by molar-refractivity contribution is -0.123. The number of carbonyl (C=O) groups is 2. The Morgan fingerprint density at radius 2 is 2.26 bits per heavy atom. The van der Waals surface area contributed by atoms with E-state index in [1.165, 1.54) is 12.4 Å². The number of nitrogens with zero attached hydrogens (tertiary/aromatic N) is 3. The van der Waals surface area contributed by atoms with E-state index in [9.17, 15) is 9.59 Å². The van der Waals surface area contributed by atoms with Gasteiger partial charge in [0.25, 0.3) is 5.91 Å². The maximum absolute atomic E-state index is 12.4. The lowest BCUT2D eigenvalue weighted by Crippen LogP contribution is -2.50. The first-order valence-corrected chi connectivity index (χ1v) is 7.60. The lowest BCUT2D eigenvalue weighted by Gasteiger charge is -2.32. The molecule has 120 valence electrons. The second-order valence-corrected chi connectivity index (χ2v) is 5.94. The minimum absolute atomic E-state index is 0.0335. The van der Waals surface area contributed by atoms with Crippen LogP contribution in [0.5, 0.6) is 0 Å². The molecule has 1 fully saturated rings. The van der Waals surface area contributed by atoms with Crippen molar-refractivity contribution in [1.82, 2.24) is 25.4 Å². The summed E-state index contributed by atoms with van der Waals surface area (Å²) in [5.41, 5.74) is 1.24. The van der Waals surface area contributed by atoms with Crippen LogP contribution in [0.4, 0.5) is 0 Å². The molecule has 2 N–H and O–H groups in total. The molecule has 1 aliphatic heterocycles. The fourth-order valence-corrected chi connectivity index (χ4v) is 2.83. The van der Waals surface area contributed by atoms with E-state index in [1.54, 1.807) is 24.0 Å². The smallest absolute Gasteiger partial charge is 0.253 e. The molecule has 0 aromatic carbocycles. The van der Waals surface area contributed by atoms with Crippen LogP contribution in [-0.4, -0.2) is 32.6 Å². The Hall–Kier alpha value is -2.41. The highest BCUT2D eigenvalue weighted by molar-refractivity contribution is 6.30. The van der Waals surface area contributed by atoms with Gasteiger partial charge in [0.05, 0.1) is 28.9 Å². The number of aromatic nitrogens is 3. The summed E-state index contributed by atoms with van der Waals surface area (Å²) in [5, 5.41) is 10.4. The molecule has 0 unspecified atom stereocenters. The van der Waals surface area contributed by atoms with E-state index in [-0.39, 0.29) is 23.9 Å². The quantitative estimate of drug-likeness (QED) is 0.883. The maximum atomic E-state index is 12.4. The predicted octanol–water partition coefficient (Wildman–Crippen LogP) is 1.22. The van der Waals surface area contributed by atoms with Gasteiger partial charge in [-0.25, -0.2) is 0 Å². The summed E-state index contributed by atoms with van der Waals surface area (Å²) in [4.78, 5) is 28.0. The minimum atomic E-state index is -0.305. The van der Waals surface area contributed by atoms with Gasteiger partial charge in [-0.2, -0.15) is 5.10 Å². The van der Waals surface area contributed by atoms with E-state index in [0.717, 1.165) is 5.56 Å². The molecule has 0 radical (unpaired) electrons. The van der Waals surface area contributed by atoms with E-state index >= 15 is 0 Å². The first-order valence-electron chi connectivity index (χ1n) is 7.22. The molecule has 0 saturated carbocycles. The molecule has 2 atom stereocenters. The van der Waals surface area contributed by atoms with Gasteiger partial charge >= 0.3 is 0 Å². The first kappa shape index (κ1) is 15.5. The molecule has 2 amide bonds. The number of aryl methyl sites for hydroxylation is 1. The molecule has 8 heteroatoms. The van der Waals surface area contributed by atoms with E-state index in [1.807, 2.05) is 6.20 Å². The predicted molar refractivity (Wildman–Crippen MR) is 83.8 cm³/mol. The molecule has 2 aromatic heterocycles. The number of rotatable bonds is 3. The number of piperidine rings is 1. The van der Waals surface area contributed by atoms with Crippen molar-refractivity contribution in [2.75, 3.05) is 0 Å². The van der Waals surface area contributed by atoms with Crippen molar-refractivity contribution in [2.45, 2.75) is 24.9 Å². The van der Waals surface area contributed by atoms with Gasteiger partial charge < -0.3 is 10.6 Å².